The lowest BCUT2D eigenvalue weighted by molar-refractivity contribution is 0.175. The zero-order chi connectivity index (χ0) is 12.0. The summed E-state index contributed by atoms with van der Waals surface area (Å²) in [7, 11) is 1.74. The molecular weight excluding hydrogens is 220 g/mol. The molecule has 0 aliphatic carbocycles. The van der Waals surface area contributed by atoms with Gasteiger partial charge in [-0.15, -0.1) is 11.3 Å². The van der Waals surface area contributed by atoms with Crippen molar-refractivity contribution < 1.29 is 4.74 Å². The molecule has 1 N–H and O–H groups in total. The lowest BCUT2D eigenvalue weighted by Gasteiger charge is -2.31. The summed E-state index contributed by atoms with van der Waals surface area (Å²) >= 11 is 1.72. The zero-order valence-corrected chi connectivity index (χ0v) is 11.4. The van der Waals surface area contributed by atoms with Gasteiger partial charge in [-0.3, -0.25) is 0 Å². The van der Waals surface area contributed by atoms with Crippen LogP contribution in [0, 0.1) is 0 Å². The molecule has 0 bridgehead atoms. The predicted molar refractivity (Wildman–Crippen MR) is 68.8 cm³/mol. The highest BCUT2D eigenvalue weighted by Crippen LogP contribution is 2.27. The molecule has 1 aromatic heterocycles. The third kappa shape index (κ3) is 3.54. The molecule has 3 nitrogen and oxygen atoms in total. The van der Waals surface area contributed by atoms with Crippen LogP contribution in [0.1, 0.15) is 38.6 Å². The molecule has 0 aliphatic rings. The number of nitrogens with zero attached hydrogens (tertiary/aromatic N) is 1. The van der Waals surface area contributed by atoms with Crippen molar-refractivity contribution >= 4 is 11.3 Å². The van der Waals surface area contributed by atoms with E-state index < -0.39 is 0 Å². The maximum absolute atomic E-state index is 5.10. The van der Waals surface area contributed by atoms with Gasteiger partial charge in [0.25, 0.3) is 0 Å². The Bertz CT molecular complexity index is 289. The van der Waals surface area contributed by atoms with E-state index >= 15 is 0 Å². The lowest BCUT2D eigenvalue weighted by Crippen LogP contribution is -2.44. The van der Waals surface area contributed by atoms with Crippen LogP contribution in [0.15, 0.2) is 11.6 Å². The van der Waals surface area contributed by atoms with Crippen molar-refractivity contribution in [2.45, 2.75) is 45.2 Å². The summed E-state index contributed by atoms with van der Waals surface area (Å²) in [6, 6.07) is 0.439. The van der Waals surface area contributed by atoms with Gasteiger partial charge in [0.1, 0.15) is 5.01 Å². The minimum Gasteiger partial charge on any atom is -0.385 e. The summed E-state index contributed by atoms with van der Waals surface area (Å²) in [6.45, 7) is 7.40. The van der Waals surface area contributed by atoms with Crippen LogP contribution in [0.3, 0.4) is 0 Å². The molecule has 92 valence electrons. The third-order valence-corrected chi connectivity index (χ3v) is 3.97. The molecule has 4 heteroatoms. The molecule has 2 unspecified atom stereocenters. The topological polar surface area (TPSA) is 34.1 Å². The Labute approximate surface area is 102 Å². The number of ether oxygens (including phenoxy) is 1. The number of hydrogen-bond donors (Lipinski definition) is 1. The number of nitrogens with one attached hydrogen (secondary N) is 1. The zero-order valence-electron chi connectivity index (χ0n) is 10.6. The van der Waals surface area contributed by atoms with Crippen LogP contribution in [-0.2, 0) is 10.3 Å². The van der Waals surface area contributed by atoms with E-state index in [9.17, 15) is 0 Å². The monoisotopic (exact) mass is 242 g/mol. The Kier molecular flexibility index (Phi) is 5.38. The normalized spacial score (nSPS) is 17.0. The molecule has 1 rings (SSSR count). The largest absolute Gasteiger partial charge is 0.385 e. The Hall–Kier alpha value is -0.450. The standard InChI is InChI=1S/C12H22N2OS/c1-5-12(3,11-13-7-9-16-11)14-10(2)6-8-15-4/h7,9-10,14H,5-6,8H2,1-4H3. The van der Waals surface area contributed by atoms with Gasteiger partial charge >= 0.3 is 0 Å². The highest BCUT2D eigenvalue weighted by Gasteiger charge is 2.28. The number of thiazole rings is 1. The van der Waals surface area contributed by atoms with Crippen molar-refractivity contribution in [3.8, 4) is 0 Å². The van der Waals surface area contributed by atoms with E-state index in [0.717, 1.165) is 19.4 Å². The Balaban J connectivity index is 2.60. The Morgan fingerprint density at radius 2 is 2.38 bits per heavy atom. The molecule has 0 amide bonds. The van der Waals surface area contributed by atoms with E-state index in [0.29, 0.717) is 6.04 Å². The molecule has 0 spiro atoms. The average molecular weight is 242 g/mol. The average Bonchev–Trinajstić information content (AvgIpc) is 2.80. The fraction of sp³-hybridized carbons (Fsp3) is 0.750. The third-order valence-electron chi connectivity index (χ3n) is 2.93. The van der Waals surface area contributed by atoms with Gasteiger partial charge in [0.2, 0.25) is 0 Å². The fourth-order valence-electron chi connectivity index (χ4n) is 1.72. The van der Waals surface area contributed by atoms with Crippen molar-refractivity contribution in [1.82, 2.24) is 10.3 Å². The second-order valence-corrected chi connectivity index (χ2v) is 5.24. The van der Waals surface area contributed by atoms with Crippen LogP contribution in [0.2, 0.25) is 0 Å². The minimum absolute atomic E-state index is 0.0126. The van der Waals surface area contributed by atoms with Crippen LogP contribution >= 0.6 is 11.3 Å². The predicted octanol–water partition coefficient (Wildman–Crippen LogP) is 2.78. The summed E-state index contributed by atoms with van der Waals surface area (Å²) in [5.41, 5.74) is -0.0126. The van der Waals surface area contributed by atoms with Crippen molar-refractivity contribution in [2.75, 3.05) is 13.7 Å². The highest BCUT2D eigenvalue weighted by atomic mass is 32.1. The smallest absolute Gasteiger partial charge is 0.112 e. The van der Waals surface area contributed by atoms with Crippen LogP contribution in [-0.4, -0.2) is 24.7 Å². The number of hydrogen-bond acceptors (Lipinski definition) is 4. The lowest BCUT2D eigenvalue weighted by atomic mass is 9.98. The first-order valence-corrected chi connectivity index (χ1v) is 6.67. The first-order valence-electron chi connectivity index (χ1n) is 5.79. The second kappa shape index (κ2) is 6.33. The molecule has 1 aromatic rings. The van der Waals surface area contributed by atoms with Gasteiger partial charge in [-0.05, 0) is 26.7 Å². The molecule has 1 heterocycles. The summed E-state index contributed by atoms with van der Waals surface area (Å²) in [4.78, 5) is 4.42. The van der Waals surface area contributed by atoms with E-state index in [-0.39, 0.29) is 5.54 Å². The quantitative estimate of drug-likeness (QED) is 0.798. The van der Waals surface area contributed by atoms with Crippen LogP contribution < -0.4 is 5.32 Å². The van der Waals surface area contributed by atoms with E-state index in [4.69, 9.17) is 4.74 Å². The van der Waals surface area contributed by atoms with Gasteiger partial charge in [0.15, 0.2) is 0 Å². The van der Waals surface area contributed by atoms with Gasteiger partial charge in [0.05, 0.1) is 5.54 Å². The number of aromatic nitrogens is 1. The van der Waals surface area contributed by atoms with Gasteiger partial charge in [-0.2, -0.15) is 0 Å². The van der Waals surface area contributed by atoms with E-state index in [1.54, 1.807) is 18.4 Å². The summed E-state index contributed by atoms with van der Waals surface area (Å²) in [6.07, 6.45) is 3.94. The Morgan fingerprint density at radius 3 is 2.88 bits per heavy atom. The minimum atomic E-state index is -0.0126. The van der Waals surface area contributed by atoms with Gasteiger partial charge < -0.3 is 10.1 Å². The Morgan fingerprint density at radius 1 is 1.62 bits per heavy atom. The molecule has 0 aromatic carbocycles. The molecule has 0 radical (unpaired) electrons. The van der Waals surface area contributed by atoms with Crippen molar-refractivity contribution in [3.05, 3.63) is 16.6 Å². The summed E-state index contributed by atoms with van der Waals surface area (Å²) < 4.78 is 5.10. The molecule has 2 atom stereocenters. The molecule has 0 fully saturated rings. The van der Waals surface area contributed by atoms with E-state index in [2.05, 4.69) is 31.1 Å². The summed E-state index contributed by atoms with van der Waals surface area (Å²) in [5, 5.41) is 6.85. The molecular formula is C12H22N2OS. The van der Waals surface area contributed by atoms with Crippen molar-refractivity contribution in [1.29, 1.82) is 0 Å². The fourth-order valence-corrected chi connectivity index (χ4v) is 2.56. The van der Waals surface area contributed by atoms with Crippen molar-refractivity contribution in [2.24, 2.45) is 0 Å². The second-order valence-electron chi connectivity index (χ2n) is 4.35. The van der Waals surface area contributed by atoms with Crippen molar-refractivity contribution in [3.63, 3.8) is 0 Å². The highest BCUT2D eigenvalue weighted by molar-refractivity contribution is 7.09. The first kappa shape index (κ1) is 13.6. The summed E-state index contributed by atoms with van der Waals surface area (Å²) in [5.74, 6) is 0. The molecule has 16 heavy (non-hydrogen) atoms. The van der Waals surface area contributed by atoms with Gasteiger partial charge in [-0.1, -0.05) is 6.92 Å². The maximum atomic E-state index is 5.10. The van der Waals surface area contributed by atoms with Gasteiger partial charge in [0, 0.05) is 31.3 Å². The van der Waals surface area contributed by atoms with Crippen LogP contribution in [0.25, 0.3) is 0 Å². The number of methoxy groups -OCH3 is 1. The molecule has 0 saturated carbocycles. The number of rotatable bonds is 7. The molecule has 0 aliphatic heterocycles. The van der Waals surface area contributed by atoms with E-state index in [1.807, 2.05) is 11.6 Å². The van der Waals surface area contributed by atoms with Crippen LogP contribution in [0.5, 0.6) is 0 Å². The SMILES string of the molecule is CCC(C)(NC(C)CCOC)c1nccs1. The van der Waals surface area contributed by atoms with Crippen LogP contribution in [0.4, 0.5) is 0 Å². The first-order chi connectivity index (χ1) is 7.62. The van der Waals surface area contributed by atoms with E-state index in [1.165, 1.54) is 5.01 Å². The molecule has 0 saturated heterocycles. The maximum Gasteiger partial charge on any atom is 0.112 e. The van der Waals surface area contributed by atoms with Gasteiger partial charge in [-0.25, -0.2) is 4.98 Å².